The van der Waals surface area contributed by atoms with Crippen LogP contribution in [-0.2, 0) is 20.6 Å². The number of ether oxygens (including phenoxy) is 2. The van der Waals surface area contributed by atoms with E-state index in [4.69, 9.17) is 13.9 Å². The molecule has 24 heavy (non-hydrogen) atoms. The molecule has 0 saturated carbocycles. The maximum atomic E-state index is 12.0. The predicted octanol–water partition coefficient (Wildman–Crippen LogP) is 4.34. The van der Waals surface area contributed by atoms with Crippen molar-refractivity contribution in [2.24, 2.45) is 0 Å². The van der Waals surface area contributed by atoms with Gasteiger partial charge in [-0.2, -0.15) is 0 Å². The number of hydrogen-bond donors (Lipinski definition) is 0. The largest absolute Gasteiger partial charge is 0.484 e. The topological polar surface area (TPSA) is 61.8 Å². The summed E-state index contributed by atoms with van der Waals surface area (Å²) in [7, 11) is -0.597. The zero-order valence-electron chi connectivity index (χ0n) is 15.1. The van der Waals surface area contributed by atoms with Crippen molar-refractivity contribution in [1.82, 2.24) is 0 Å². The number of halogens is 1. The van der Waals surface area contributed by atoms with E-state index in [1.54, 1.807) is 6.07 Å². The van der Waals surface area contributed by atoms with Crippen LogP contribution in [0.25, 0.3) is 0 Å². The van der Waals surface area contributed by atoms with Crippen molar-refractivity contribution in [1.29, 1.82) is 0 Å². The molecule has 7 heteroatoms. The fraction of sp³-hybridized carbons (Fsp3) is 0.529. The average Bonchev–Trinajstić information content (AvgIpc) is 2.49. The Kier molecular flexibility index (Phi) is 7.19. The molecule has 134 valence electrons. The first-order chi connectivity index (χ1) is 11.0. The number of benzene rings is 1. The van der Waals surface area contributed by atoms with Crippen molar-refractivity contribution in [3.05, 3.63) is 27.7 Å². The Hall–Kier alpha value is -1.18. The van der Waals surface area contributed by atoms with Crippen LogP contribution in [0, 0.1) is 0 Å². The van der Waals surface area contributed by atoms with E-state index in [2.05, 4.69) is 49.8 Å². The highest BCUT2D eigenvalue weighted by atomic mass is 79.9. The molecule has 0 N–H and O–H groups in total. The Bertz CT molecular complexity index is 608. The van der Waals surface area contributed by atoms with E-state index < -0.39 is 14.3 Å². The van der Waals surface area contributed by atoms with Crippen molar-refractivity contribution < 1.29 is 23.5 Å². The van der Waals surface area contributed by atoms with Crippen LogP contribution in [0.1, 0.15) is 36.7 Å². The molecule has 0 saturated heterocycles. The summed E-state index contributed by atoms with van der Waals surface area (Å²) in [6, 6.07) is 3.52. The van der Waals surface area contributed by atoms with Crippen LogP contribution >= 0.6 is 15.9 Å². The molecule has 5 nitrogen and oxygen atoms in total. The first-order valence-corrected chi connectivity index (χ1v) is 11.3. The van der Waals surface area contributed by atoms with Crippen molar-refractivity contribution in [2.75, 3.05) is 13.7 Å². The summed E-state index contributed by atoms with van der Waals surface area (Å²) >= 11 is 3.39. The number of rotatable bonds is 7. The summed E-state index contributed by atoms with van der Waals surface area (Å²) in [5, 5.41) is 0.0996. The first kappa shape index (κ1) is 20.9. The highest BCUT2D eigenvalue weighted by molar-refractivity contribution is 9.10. The predicted molar refractivity (Wildman–Crippen MR) is 99.0 cm³/mol. The van der Waals surface area contributed by atoms with Crippen LogP contribution in [0.4, 0.5) is 0 Å². The van der Waals surface area contributed by atoms with Gasteiger partial charge in [0.05, 0.1) is 18.2 Å². The molecule has 1 aromatic carbocycles. The molecular weight excluding hydrogens is 392 g/mol. The Labute approximate surface area is 152 Å². The van der Waals surface area contributed by atoms with Crippen LogP contribution in [0.15, 0.2) is 16.6 Å². The molecule has 0 spiro atoms. The minimum atomic E-state index is -1.90. The third-order valence-electron chi connectivity index (χ3n) is 4.21. The smallest absolute Gasteiger partial charge is 0.341 e. The number of carbonyl (C=O) groups is 2. The molecule has 1 aromatic rings. The number of hydrogen-bond acceptors (Lipinski definition) is 5. The van der Waals surface area contributed by atoms with Gasteiger partial charge in [-0.3, -0.25) is 4.79 Å². The van der Waals surface area contributed by atoms with E-state index in [0.29, 0.717) is 23.1 Å². The van der Waals surface area contributed by atoms with Crippen molar-refractivity contribution in [3.63, 3.8) is 0 Å². The molecule has 0 fully saturated rings. The van der Waals surface area contributed by atoms with Crippen LogP contribution in [0.2, 0.25) is 18.1 Å². The normalized spacial score (nSPS) is 12.0. The fourth-order valence-electron chi connectivity index (χ4n) is 1.74. The molecule has 0 aliphatic rings. The van der Waals surface area contributed by atoms with Gasteiger partial charge in [-0.15, -0.1) is 0 Å². The lowest BCUT2D eigenvalue weighted by Crippen LogP contribution is -2.40. The molecule has 0 aliphatic carbocycles. The van der Waals surface area contributed by atoms with Gasteiger partial charge in [0.1, 0.15) is 17.9 Å². The summed E-state index contributed by atoms with van der Waals surface area (Å²) in [5.74, 6) is -0.226. The maximum Gasteiger partial charge on any atom is 0.341 e. The SMILES string of the molecule is COC(=O)c1cc(CO[Si](C)(C)C(C)(C)C)cc(Br)c1OCC=O. The van der Waals surface area contributed by atoms with Gasteiger partial charge >= 0.3 is 5.97 Å². The third kappa shape index (κ3) is 5.16. The highest BCUT2D eigenvalue weighted by Gasteiger charge is 2.37. The van der Waals surface area contributed by atoms with Crippen LogP contribution < -0.4 is 4.74 Å². The van der Waals surface area contributed by atoms with E-state index in [1.807, 2.05) is 6.07 Å². The second-order valence-electron chi connectivity index (χ2n) is 6.97. The molecule has 0 atom stereocenters. The van der Waals surface area contributed by atoms with Gasteiger partial charge < -0.3 is 13.9 Å². The van der Waals surface area contributed by atoms with Crippen LogP contribution in [-0.4, -0.2) is 34.3 Å². The van der Waals surface area contributed by atoms with E-state index in [1.165, 1.54) is 7.11 Å². The van der Waals surface area contributed by atoms with E-state index >= 15 is 0 Å². The van der Waals surface area contributed by atoms with Gasteiger partial charge in [-0.05, 0) is 51.8 Å². The van der Waals surface area contributed by atoms with Crippen LogP contribution in [0.5, 0.6) is 5.75 Å². The minimum absolute atomic E-state index is 0.0996. The molecule has 0 heterocycles. The second-order valence-corrected chi connectivity index (χ2v) is 12.6. The fourth-order valence-corrected chi connectivity index (χ4v) is 3.32. The lowest BCUT2D eigenvalue weighted by Gasteiger charge is -2.36. The standard InChI is InChI=1S/C17H25BrO5Si/c1-17(2,3)24(5,6)23-11-12-9-13(16(20)21-4)15(14(18)10-12)22-8-7-19/h7,9-10H,8,11H2,1-6H3. The number of esters is 1. The number of carbonyl (C=O) groups excluding carboxylic acids is 2. The van der Waals surface area contributed by atoms with E-state index in [9.17, 15) is 9.59 Å². The van der Waals surface area contributed by atoms with Crippen molar-refractivity contribution >= 4 is 36.5 Å². The third-order valence-corrected chi connectivity index (χ3v) is 9.28. The zero-order valence-corrected chi connectivity index (χ0v) is 17.7. The molecule has 0 bridgehead atoms. The van der Waals surface area contributed by atoms with Gasteiger partial charge in [0.15, 0.2) is 14.6 Å². The molecule has 0 amide bonds. The lowest BCUT2D eigenvalue weighted by atomic mass is 10.1. The maximum absolute atomic E-state index is 12.0. The quantitative estimate of drug-likeness (QED) is 0.375. The van der Waals surface area contributed by atoms with Gasteiger partial charge in [-0.1, -0.05) is 20.8 Å². The molecule has 0 aromatic heterocycles. The summed E-state index contributed by atoms with van der Waals surface area (Å²) in [4.78, 5) is 22.6. The Morgan fingerprint density at radius 3 is 2.42 bits per heavy atom. The Balaban J connectivity index is 3.12. The van der Waals surface area contributed by atoms with Gasteiger partial charge in [0, 0.05) is 0 Å². The Morgan fingerprint density at radius 2 is 1.92 bits per heavy atom. The Morgan fingerprint density at radius 1 is 1.29 bits per heavy atom. The molecule has 1 rings (SSSR count). The molecule has 0 aliphatic heterocycles. The lowest BCUT2D eigenvalue weighted by molar-refractivity contribution is -0.109. The molecule has 0 radical (unpaired) electrons. The van der Waals surface area contributed by atoms with Gasteiger partial charge in [0.2, 0.25) is 0 Å². The summed E-state index contributed by atoms with van der Waals surface area (Å²) < 4.78 is 16.9. The summed E-state index contributed by atoms with van der Waals surface area (Å²) in [5.41, 5.74) is 1.10. The van der Waals surface area contributed by atoms with E-state index in [-0.39, 0.29) is 17.2 Å². The zero-order chi connectivity index (χ0) is 18.5. The molecule has 0 unspecified atom stereocenters. The number of methoxy groups -OCH3 is 1. The number of aldehydes is 1. The molecular formula is C17H25BrO5Si. The first-order valence-electron chi connectivity index (χ1n) is 7.64. The van der Waals surface area contributed by atoms with Gasteiger partial charge in [0.25, 0.3) is 0 Å². The average molecular weight is 417 g/mol. The monoisotopic (exact) mass is 416 g/mol. The van der Waals surface area contributed by atoms with Crippen LogP contribution in [0.3, 0.4) is 0 Å². The van der Waals surface area contributed by atoms with E-state index in [0.717, 1.165) is 5.56 Å². The van der Waals surface area contributed by atoms with Crippen molar-refractivity contribution in [2.45, 2.75) is 45.5 Å². The van der Waals surface area contributed by atoms with Crippen molar-refractivity contribution in [3.8, 4) is 5.75 Å². The second kappa shape index (κ2) is 8.27. The van der Waals surface area contributed by atoms with Gasteiger partial charge in [-0.25, -0.2) is 4.79 Å². The highest BCUT2D eigenvalue weighted by Crippen LogP contribution is 2.38. The summed E-state index contributed by atoms with van der Waals surface area (Å²) in [6.07, 6.45) is 0.627. The minimum Gasteiger partial charge on any atom is -0.484 e. The summed E-state index contributed by atoms with van der Waals surface area (Å²) in [6.45, 7) is 11.1.